The molecule has 1 aromatic carbocycles. The summed E-state index contributed by atoms with van der Waals surface area (Å²) in [7, 11) is 0. The van der Waals surface area contributed by atoms with Gasteiger partial charge in [0, 0.05) is 24.8 Å². The van der Waals surface area contributed by atoms with E-state index in [0.717, 1.165) is 31.5 Å². The van der Waals surface area contributed by atoms with Crippen LogP contribution in [-0.4, -0.2) is 13.1 Å². The van der Waals surface area contributed by atoms with Crippen LogP contribution < -0.4 is 10.6 Å². The lowest BCUT2D eigenvalue weighted by Crippen LogP contribution is -2.27. The average molecular weight is 298 g/mol. The Bertz CT molecular complexity index is 535. The quantitative estimate of drug-likeness (QED) is 0.893. The Kier molecular flexibility index (Phi) is 3.64. The molecule has 1 fully saturated rings. The minimum Gasteiger partial charge on any atom is -0.371 e. The van der Waals surface area contributed by atoms with Gasteiger partial charge in [-0.15, -0.1) is 0 Å². The second-order valence-electron chi connectivity index (χ2n) is 6.36. The first-order valence-electron chi connectivity index (χ1n) is 7.58. The van der Waals surface area contributed by atoms with Gasteiger partial charge in [-0.05, 0) is 55.7 Å². The fourth-order valence-electron chi connectivity index (χ4n) is 3.17. The van der Waals surface area contributed by atoms with Gasteiger partial charge >= 0.3 is 6.18 Å². The normalized spacial score (nSPS) is 22.9. The van der Waals surface area contributed by atoms with E-state index in [2.05, 4.69) is 4.90 Å². The predicted octanol–water partition coefficient (Wildman–Crippen LogP) is 4.02. The van der Waals surface area contributed by atoms with Crippen molar-refractivity contribution in [3.05, 3.63) is 28.8 Å². The maximum Gasteiger partial charge on any atom is 0.416 e. The molecule has 0 amide bonds. The number of hydrogen-bond acceptors (Lipinski definition) is 2. The van der Waals surface area contributed by atoms with Crippen LogP contribution >= 0.6 is 0 Å². The minimum absolute atomic E-state index is 0.162. The maximum atomic E-state index is 13.2. The zero-order chi connectivity index (χ0) is 15.2. The lowest BCUT2D eigenvalue weighted by Gasteiger charge is -2.27. The van der Waals surface area contributed by atoms with Crippen molar-refractivity contribution >= 4 is 5.69 Å². The highest BCUT2D eigenvalue weighted by atomic mass is 19.4. The number of nitrogens with two attached hydrogens (primary N) is 1. The van der Waals surface area contributed by atoms with Crippen molar-refractivity contribution in [2.24, 2.45) is 11.7 Å². The van der Waals surface area contributed by atoms with Crippen LogP contribution in [0.1, 0.15) is 48.4 Å². The number of anilines is 1. The third-order valence-corrected chi connectivity index (χ3v) is 4.54. The lowest BCUT2D eigenvalue weighted by molar-refractivity contribution is -0.138. The molecule has 2 N–H and O–H groups in total. The molecule has 0 spiro atoms. The highest BCUT2D eigenvalue weighted by Crippen LogP contribution is 2.41. The number of nitrogens with zero attached hydrogens (tertiary/aromatic N) is 1. The molecule has 1 heterocycles. The van der Waals surface area contributed by atoms with Crippen LogP contribution in [0.25, 0.3) is 0 Å². The smallest absolute Gasteiger partial charge is 0.371 e. The summed E-state index contributed by atoms with van der Waals surface area (Å²) in [5.74, 6) is 0.641. The Hall–Kier alpha value is -1.23. The first-order valence-corrected chi connectivity index (χ1v) is 7.58. The van der Waals surface area contributed by atoms with E-state index < -0.39 is 11.7 Å². The fourth-order valence-corrected chi connectivity index (χ4v) is 3.17. The second-order valence-corrected chi connectivity index (χ2v) is 6.36. The standard InChI is InChI=1S/C16H21F3N2/c1-10-7-12-14(20)3-2-6-21(9-11-4-5-11)15(12)8-13(10)16(17,18)19/h7-8,11,14H,2-6,9,20H2,1H3. The summed E-state index contributed by atoms with van der Waals surface area (Å²) in [5, 5.41) is 0. The molecule has 1 atom stereocenters. The summed E-state index contributed by atoms with van der Waals surface area (Å²) in [5.41, 5.74) is 7.48. The number of fused-ring (bicyclic) bond motifs is 1. The fraction of sp³-hybridized carbons (Fsp3) is 0.625. The zero-order valence-corrected chi connectivity index (χ0v) is 12.2. The zero-order valence-electron chi connectivity index (χ0n) is 12.2. The van der Waals surface area contributed by atoms with Gasteiger partial charge in [0.2, 0.25) is 0 Å². The van der Waals surface area contributed by atoms with Gasteiger partial charge in [0.15, 0.2) is 0 Å². The molecule has 1 aliphatic heterocycles. The second kappa shape index (κ2) is 5.20. The highest BCUT2D eigenvalue weighted by molar-refractivity contribution is 5.60. The molecular formula is C16H21F3N2. The Morgan fingerprint density at radius 2 is 1.95 bits per heavy atom. The van der Waals surface area contributed by atoms with E-state index in [1.54, 1.807) is 6.07 Å². The number of benzene rings is 1. The number of hydrogen-bond donors (Lipinski definition) is 1. The molecule has 3 rings (SSSR count). The van der Waals surface area contributed by atoms with E-state index in [1.165, 1.54) is 25.8 Å². The number of aryl methyl sites for hydroxylation is 1. The summed E-state index contributed by atoms with van der Waals surface area (Å²) in [4.78, 5) is 2.12. The van der Waals surface area contributed by atoms with Crippen molar-refractivity contribution < 1.29 is 13.2 Å². The van der Waals surface area contributed by atoms with Crippen LogP contribution in [0, 0.1) is 12.8 Å². The summed E-state index contributed by atoms with van der Waals surface area (Å²) >= 11 is 0. The number of alkyl halides is 3. The van der Waals surface area contributed by atoms with Crippen molar-refractivity contribution in [1.82, 2.24) is 0 Å². The lowest BCUT2D eigenvalue weighted by atomic mass is 9.96. The Labute approximate surface area is 123 Å². The summed E-state index contributed by atoms with van der Waals surface area (Å²) in [6.45, 7) is 3.18. The van der Waals surface area contributed by atoms with E-state index in [9.17, 15) is 13.2 Å². The first kappa shape index (κ1) is 14.7. The van der Waals surface area contributed by atoms with Crippen molar-refractivity contribution in [1.29, 1.82) is 0 Å². The van der Waals surface area contributed by atoms with Gasteiger partial charge in [-0.25, -0.2) is 0 Å². The van der Waals surface area contributed by atoms with Gasteiger partial charge in [-0.2, -0.15) is 13.2 Å². The van der Waals surface area contributed by atoms with E-state index in [0.29, 0.717) is 11.6 Å². The molecule has 1 aromatic rings. The van der Waals surface area contributed by atoms with Gasteiger partial charge in [-0.1, -0.05) is 6.07 Å². The third kappa shape index (κ3) is 3.03. The van der Waals surface area contributed by atoms with Crippen LogP contribution in [0.2, 0.25) is 0 Å². The molecule has 21 heavy (non-hydrogen) atoms. The molecule has 2 aliphatic rings. The van der Waals surface area contributed by atoms with Crippen LogP contribution in [0.3, 0.4) is 0 Å². The minimum atomic E-state index is -4.30. The van der Waals surface area contributed by atoms with Gasteiger partial charge in [-0.3, -0.25) is 0 Å². The van der Waals surface area contributed by atoms with Crippen LogP contribution in [0.4, 0.5) is 18.9 Å². The summed E-state index contributed by atoms with van der Waals surface area (Å²) in [6.07, 6.45) is -0.158. The van der Waals surface area contributed by atoms with E-state index in [-0.39, 0.29) is 11.6 Å². The highest BCUT2D eigenvalue weighted by Gasteiger charge is 2.35. The molecular weight excluding hydrogens is 277 g/mol. The molecule has 0 radical (unpaired) electrons. The van der Waals surface area contributed by atoms with Crippen molar-refractivity contribution in [2.45, 2.75) is 44.8 Å². The van der Waals surface area contributed by atoms with Crippen molar-refractivity contribution in [3.8, 4) is 0 Å². The van der Waals surface area contributed by atoms with Gasteiger partial charge in [0.25, 0.3) is 0 Å². The van der Waals surface area contributed by atoms with Crippen molar-refractivity contribution in [3.63, 3.8) is 0 Å². The summed E-state index contributed by atoms with van der Waals surface area (Å²) in [6, 6.07) is 2.80. The molecule has 0 saturated heterocycles. The average Bonchev–Trinajstić information content (AvgIpc) is 3.19. The van der Waals surface area contributed by atoms with Crippen LogP contribution in [0.5, 0.6) is 0 Å². The number of halogens is 3. The van der Waals surface area contributed by atoms with Gasteiger partial charge in [0.1, 0.15) is 0 Å². The summed E-state index contributed by atoms with van der Waals surface area (Å²) < 4.78 is 39.5. The first-order chi connectivity index (χ1) is 9.86. The monoisotopic (exact) mass is 298 g/mol. The van der Waals surface area contributed by atoms with Gasteiger partial charge < -0.3 is 10.6 Å². The topological polar surface area (TPSA) is 29.3 Å². The Morgan fingerprint density at radius 1 is 1.24 bits per heavy atom. The van der Waals surface area contributed by atoms with E-state index >= 15 is 0 Å². The van der Waals surface area contributed by atoms with Crippen LogP contribution in [-0.2, 0) is 6.18 Å². The molecule has 1 saturated carbocycles. The molecule has 116 valence electrons. The predicted molar refractivity (Wildman–Crippen MR) is 77.3 cm³/mol. The largest absolute Gasteiger partial charge is 0.416 e. The molecule has 2 nitrogen and oxygen atoms in total. The molecule has 0 bridgehead atoms. The molecule has 5 heteroatoms. The van der Waals surface area contributed by atoms with Crippen molar-refractivity contribution in [2.75, 3.05) is 18.0 Å². The van der Waals surface area contributed by atoms with Gasteiger partial charge in [0.05, 0.1) is 5.56 Å². The molecule has 0 aromatic heterocycles. The maximum absolute atomic E-state index is 13.2. The molecule has 1 unspecified atom stereocenters. The Morgan fingerprint density at radius 3 is 2.57 bits per heavy atom. The molecule has 1 aliphatic carbocycles. The third-order valence-electron chi connectivity index (χ3n) is 4.54. The van der Waals surface area contributed by atoms with E-state index in [1.807, 2.05) is 0 Å². The van der Waals surface area contributed by atoms with E-state index in [4.69, 9.17) is 5.73 Å². The SMILES string of the molecule is Cc1cc2c(cc1C(F)(F)F)N(CC1CC1)CCCC2N. The van der Waals surface area contributed by atoms with Crippen LogP contribution in [0.15, 0.2) is 12.1 Å². The Balaban J connectivity index is 2.05. The number of rotatable bonds is 2.